The van der Waals surface area contributed by atoms with Crippen LogP contribution in [0.4, 0.5) is 5.69 Å². The minimum atomic E-state index is 0.263. The van der Waals surface area contributed by atoms with Gasteiger partial charge in [0.05, 0.1) is 17.7 Å². The molecule has 28 heavy (non-hydrogen) atoms. The van der Waals surface area contributed by atoms with E-state index in [2.05, 4.69) is 30.9 Å². The second-order valence-electron chi connectivity index (χ2n) is 7.48. The van der Waals surface area contributed by atoms with Crippen molar-refractivity contribution in [2.24, 2.45) is 10.9 Å². The molecule has 1 aliphatic carbocycles. The molecular weight excluding hydrogens is 372 g/mol. The van der Waals surface area contributed by atoms with Crippen LogP contribution >= 0.6 is 11.3 Å². The highest BCUT2D eigenvalue weighted by Gasteiger charge is 2.27. The molecule has 0 bridgehead atoms. The number of aliphatic hydroxyl groups excluding tert-OH is 1. The first-order chi connectivity index (χ1) is 13.6. The Labute approximate surface area is 169 Å². The Morgan fingerprint density at radius 1 is 1.25 bits per heavy atom. The number of nitrogens with zero attached hydrogens (tertiary/aromatic N) is 3. The van der Waals surface area contributed by atoms with Crippen molar-refractivity contribution in [2.45, 2.75) is 39.2 Å². The maximum absolute atomic E-state index is 9.44. The van der Waals surface area contributed by atoms with Crippen molar-refractivity contribution in [3.05, 3.63) is 45.9 Å². The first kappa shape index (κ1) is 18.9. The summed E-state index contributed by atoms with van der Waals surface area (Å²) in [6.07, 6.45) is 3.10. The molecule has 4 N–H and O–H groups in total. The second kappa shape index (κ2) is 8.28. The van der Waals surface area contributed by atoms with E-state index < -0.39 is 0 Å². The molecule has 2 aliphatic rings. The largest absolute Gasteiger partial charge is 0.396 e. The number of aryl methyl sites for hydroxylation is 2. The van der Waals surface area contributed by atoms with E-state index in [0.29, 0.717) is 24.5 Å². The molecule has 4 rings (SSSR count). The molecule has 1 saturated carbocycles. The van der Waals surface area contributed by atoms with Crippen LogP contribution in [-0.2, 0) is 0 Å². The van der Waals surface area contributed by atoms with E-state index >= 15 is 0 Å². The van der Waals surface area contributed by atoms with Crippen LogP contribution in [0.2, 0.25) is 0 Å². The molecule has 0 amide bonds. The molecule has 2 aromatic heterocycles. The molecular formula is C20H26N6OS. The van der Waals surface area contributed by atoms with E-state index in [1.807, 2.05) is 36.9 Å². The number of rotatable bonds is 5. The fourth-order valence-electron chi connectivity index (χ4n) is 3.85. The molecule has 0 aromatic carbocycles. The first-order valence-corrected chi connectivity index (χ1v) is 10.6. The summed E-state index contributed by atoms with van der Waals surface area (Å²) in [4.78, 5) is 13.6. The van der Waals surface area contributed by atoms with E-state index in [9.17, 15) is 5.11 Å². The fourth-order valence-corrected chi connectivity index (χ4v) is 4.42. The van der Waals surface area contributed by atoms with Gasteiger partial charge >= 0.3 is 0 Å². The molecule has 3 heterocycles. The molecule has 2 atom stereocenters. The average molecular weight is 399 g/mol. The lowest BCUT2D eigenvalue weighted by Gasteiger charge is -2.26. The Morgan fingerprint density at radius 3 is 2.75 bits per heavy atom. The number of aliphatic imine (C=N–C) groups is 1. The second-order valence-corrected chi connectivity index (χ2v) is 8.20. The van der Waals surface area contributed by atoms with Crippen molar-refractivity contribution in [1.82, 2.24) is 20.6 Å². The van der Waals surface area contributed by atoms with Crippen molar-refractivity contribution in [3.63, 3.8) is 0 Å². The maximum atomic E-state index is 9.44. The molecule has 0 spiro atoms. The third kappa shape index (κ3) is 4.34. The van der Waals surface area contributed by atoms with Crippen LogP contribution in [0.25, 0.3) is 5.57 Å². The lowest BCUT2D eigenvalue weighted by Crippen LogP contribution is -2.42. The van der Waals surface area contributed by atoms with Crippen LogP contribution in [0.5, 0.6) is 0 Å². The molecule has 2 unspecified atom stereocenters. The number of anilines is 1. The van der Waals surface area contributed by atoms with E-state index in [-0.39, 0.29) is 6.61 Å². The third-order valence-electron chi connectivity index (χ3n) is 5.17. The lowest BCUT2D eigenvalue weighted by molar-refractivity contribution is 0.228. The van der Waals surface area contributed by atoms with Crippen molar-refractivity contribution in [2.75, 3.05) is 18.5 Å². The van der Waals surface area contributed by atoms with Gasteiger partial charge in [-0.1, -0.05) is 0 Å². The maximum Gasteiger partial charge on any atom is 0.201 e. The normalized spacial score (nSPS) is 22.0. The Kier molecular flexibility index (Phi) is 5.59. The van der Waals surface area contributed by atoms with Crippen LogP contribution < -0.4 is 16.0 Å². The molecule has 7 nitrogen and oxygen atoms in total. The molecule has 1 fully saturated rings. The van der Waals surface area contributed by atoms with Gasteiger partial charge in [0.1, 0.15) is 5.82 Å². The van der Waals surface area contributed by atoms with Crippen molar-refractivity contribution < 1.29 is 5.11 Å². The Balaban J connectivity index is 1.52. The Bertz CT molecular complexity index is 872. The predicted molar refractivity (Wildman–Crippen MR) is 113 cm³/mol. The number of aliphatic hydroxyl groups is 1. The van der Waals surface area contributed by atoms with Gasteiger partial charge in [-0.15, -0.1) is 11.3 Å². The summed E-state index contributed by atoms with van der Waals surface area (Å²) < 4.78 is 0. The van der Waals surface area contributed by atoms with Gasteiger partial charge in [0, 0.05) is 40.7 Å². The summed E-state index contributed by atoms with van der Waals surface area (Å²) in [5.74, 6) is 2.05. The number of guanidine groups is 1. The van der Waals surface area contributed by atoms with Gasteiger partial charge in [-0.2, -0.15) is 0 Å². The summed E-state index contributed by atoms with van der Waals surface area (Å²) in [7, 11) is 0. The zero-order chi connectivity index (χ0) is 19.5. The summed E-state index contributed by atoms with van der Waals surface area (Å²) in [6.45, 7) is 4.79. The highest BCUT2D eigenvalue weighted by Crippen LogP contribution is 2.27. The third-order valence-corrected chi connectivity index (χ3v) is 5.76. The molecule has 2 aromatic rings. The minimum absolute atomic E-state index is 0.263. The summed E-state index contributed by atoms with van der Waals surface area (Å²) in [5.41, 5.74) is 6.77. The SMILES string of the molecule is Cc1cc(NC2=NCC(c3cscn3)=C(NC3CCC(CO)C3)N2)cc(C)n1. The van der Waals surface area contributed by atoms with Crippen LogP contribution in [0.15, 0.2) is 33.8 Å². The van der Waals surface area contributed by atoms with Crippen LogP contribution in [0, 0.1) is 19.8 Å². The summed E-state index contributed by atoms with van der Waals surface area (Å²) in [6, 6.07) is 4.36. The number of nitrogens with one attached hydrogen (secondary N) is 3. The zero-order valence-corrected chi connectivity index (χ0v) is 17.0. The topological polar surface area (TPSA) is 94.5 Å². The van der Waals surface area contributed by atoms with Gasteiger partial charge in [-0.05, 0) is 51.2 Å². The highest BCUT2D eigenvalue weighted by molar-refractivity contribution is 7.07. The van der Waals surface area contributed by atoms with E-state index in [1.54, 1.807) is 11.3 Å². The minimum Gasteiger partial charge on any atom is -0.396 e. The molecule has 0 saturated heterocycles. The fraction of sp³-hybridized carbons (Fsp3) is 0.450. The van der Waals surface area contributed by atoms with Crippen molar-refractivity contribution in [1.29, 1.82) is 0 Å². The van der Waals surface area contributed by atoms with Gasteiger partial charge in [0.15, 0.2) is 0 Å². The summed E-state index contributed by atoms with van der Waals surface area (Å²) in [5, 5.41) is 21.9. The van der Waals surface area contributed by atoms with Crippen molar-refractivity contribution in [3.8, 4) is 0 Å². The van der Waals surface area contributed by atoms with Crippen LogP contribution in [0.1, 0.15) is 36.3 Å². The van der Waals surface area contributed by atoms with Gasteiger partial charge in [-0.3, -0.25) is 4.98 Å². The van der Waals surface area contributed by atoms with Crippen molar-refractivity contribution >= 4 is 28.6 Å². The van der Waals surface area contributed by atoms with Gasteiger partial charge in [0.2, 0.25) is 5.96 Å². The smallest absolute Gasteiger partial charge is 0.201 e. The predicted octanol–water partition coefficient (Wildman–Crippen LogP) is 2.65. The Morgan fingerprint density at radius 2 is 2.07 bits per heavy atom. The number of pyridine rings is 1. The number of hydrogen-bond donors (Lipinski definition) is 4. The summed E-state index contributed by atoms with van der Waals surface area (Å²) >= 11 is 1.58. The first-order valence-electron chi connectivity index (χ1n) is 9.63. The number of aromatic nitrogens is 2. The average Bonchev–Trinajstić information content (AvgIpc) is 3.33. The quantitative estimate of drug-likeness (QED) is 0.619. The highest BCUT2D eigenvalue weighted by atomic mass is 32.1. The van der Waals surface area contributed by atoms with Gasteiger partial charge in [-0.25, -0.2) is 9.98 Å². The van der Waals surface area contributed by atoms with Crippen LogP contribution in [-0.4, -0.2) is 40.2 Å². The standard InChI is InChI=1S/C20H26N6OS/c1-12-5-16(6-13(2)23-12)25-20-21-8-17(18-10-28-11-22-18)19(26-20)24-15-4-3-14(7-15)9-27/h5-6,10-11,14-15,24,27H,3-4,7-9H2,1-2H3,(H2,21,23,25,26). The molecule has 8 heteroatoms. The number of thiazole rings is 1. The molecule has 1 aliphatic heterocycles. The number of hydrogen-bond acceptors (Lipinski definition) is 8. The molecule has 148 valence electrons. The van der Waals surface area contributed by atoms with Crippen LogP contribution in [0.3, 0.4) is 0 Å². The van der Waals surface area contributed by atoms with Gasteiger partial charge in [0.25, 0.3) is 0 Å². The molecule has 0 radical (unpaired) electrons. The Hall–Kier alpha value is -2.45. The van der Waals surface area contributed by atoms with E-state index in [0.717, 1.165) is 53.4 Å². The lowest BCUT2D eigenvalue weighted by atomic mass is 10.1. The monoisotopic (exact) mass is 398 g/mol. The van der Waals surface area contributed by atoms with E-state index in [4.69, 9.17) is 0 Å². The van der Waals surface area contributed by atoms with Gasteiger partial charge < -0.3 is 21.1 Å². The van der Waals surface area contributed by atoms with E-state index in [1.165, 1.54) is 0 Å². The zero-order valence-electron chi connectivity index (χ0n) is 16.2.